The summed E-state index contributed by atoms with van der Waals surface area (Å²) in [5.74, 6) is -0.403. The van der Waals surface area contributed by atoms with Crippen LogP contribution in [0.15, 0.2) is 60.9 Å². The normalized spacial score (nSPS) is 10.7. The zero-order valence-electron chi connectivity index (χ0n) is 10.7. The summed E-state index contributed by atoms with van der Waals surface area (Å²) >= 11 is 0. The SMILES string of the molecule is OCc1ccc(-n2cc(-c3ccccc3)cn2)c(F)c1. The van der Waals surface area contributed by atoms with Crippen LogP contribution in [0.3, 0.4) is 0 Å². The number of aliphatic hydroxyl groups is 1. The first kappa shape index (κ1) is 12.6. The predicted octanol–water partition coefficient (Wildman–Crippen LogP) is 3.17. The third-order valence-corrected chi connectivity index (χ3v) is 3.13. The van der Waals surface area contributed by atoms with Crippen molar-refractivity contribution in [2.75, 3.05) is 0 Å². The van der Waals surface area contributed by atoms with Crippen molar-refractivity contribution in [3.05, 3.63) is 72.3 Å². The maximum Gasteiger partial charge on any atom is 0.149 e. The van der Waals surface area contributed by atoms with Gasteiger partial charge in [-0.2, -0.15) is 5.10 Å². The molecule has 1 N–H and O–H groups in total. The Labute approximate surface area is 115 Å². The van der Waals surface area contributed by atoms with Crippen molar-refractivity contribution in [2.45, 2.75) is 6.61 Å². The summed E-state index contributed by atoms with van der Waals surface area (Å²) in [6.45, 7) is -0.175. The van der Waals surface area contributed by atoms with E-state index in [9.17, 15) is 4.39 Å². The van der Waals surface area contributed by atoms with Gasteiger partial charge < -0.3 is 5.11 Å². The molecule has 0 aliphatic heterocycles. The molecule has 3 aromatic rings. The summed E-state index contributed by atoms with van der Waals surface area (Å²) in [6.07, 6.45) is 3.49. The van der Waals surface area contributed by atoms with E-state index in [0.29, 0.717) is 11.3 Å². The lowest BCUT2D eigenvalue weighted by atomic mass is 10.1. The van der Waals surface area contributed by atoms with Crippen LogP contribution < -0.4 is 0 Å². The average Bonchev–Trinajstić information content (AvgIpc) is 2.97. The van der Waals surface area contributed by atoms with Crippen molar-refractivity contribution >= 4 is 0 Å². The zero-order chi connectivity index (χ0) is 13.9. The summed E-state index contributed by atoms with van der Waals surface area (Å²) in [5.41, 5.74) is 2.87. The lowest BCUT2D eigenvalue weighted by molar-refractivity contribution is 0.281. The summed E-state index contributed by atoms with van der Waals surface area (Å²) in [5, 5.41) is 13.2. The predicted molar refractivity (Wildman–Crippen MR) is 74.9 cm³/mol. The fraction of sp³-hybridized carbons (Fsp3) is 0.0625. The number of aliphatic hydroxyl groups excluding tert-OH is 1. The standard InChI is InChI=1S/C16H13FN2O/c17-15-8-12(11-20)6-7-16(15)19-10-14(9-18-19)13-4-2-1-3-5-13/h1-10,20H,11H2. The van der Waals surface area contributed by atoms with Gasteiger partial charge in [0, 0.05) is 11.8 Å². The Kier molecular flexibility index (Phi) is 3.31. The first-order valence-electron chi connectivity index (χ1n) is 6.27. The third kappa shape index (κ3) is 2.33. The number of aromatic nitrogens is 2. The molecule has 0 radical (unpaired) electrons. The van der Waals surface area contributed by atoms with E-state index in [1.54, 1.807) is 24.5 Å². The van der Waals surface area contributed by atoms with E-state index in [-0.39, 0.29) is 6.61 Å². The Morgan fingerprint density at radius 1 is 1.05 bits per heavy atom. The smallest absolute Gasteiger partial charge is 0.149 e. The van der Waals surface area contributed by atoms with E-state index in [0.717, 1.165) is 11.1 Å². The van der Waals surface area contributed by atoms with E-state index < -0.39 is 5.82 Å². The summed E-state index contributed by atoms with van der Waals surface area (Å²) in [6, 6.07) is 14.4. The van der Waals surface area contributed by atoms with Crippen molar-refractivity contribution in [2.24, 2.45) is 0 Å². The Morgan fingerprint density at radius 3 is 2.55 bits per heavy atom. The first-order chi connectivity index (χ1) is 9.78. The highest BCUT2D eigenvalue weighted by atomic mass is 19.1. The Bertz CT molecular complexity index is 722. The monoisotopic (exact) mass is 268 g/mol. The second kappa shape index (κ2) is 5.27. The number of hydrogen-bond acceptors (Lipinski definition) is 2. The molecule has 1 heterocycles. The molecule has 0 saturated heterocycles. The van der Waals surface area contributed by atoms with Crippen molar-refractivity contribution in [3.8, 4) is 16.8 Å². The highest BCUT2D eigenvalue weighted by Crippen LogP contribution is 2.21. The van der Waals surface area contributed by atoms with Gasteiger partial charge in [-0.1, -0.05) is 36.4 Å². The molecule has 0 saturated carbocycles. The first-order valence-corrected chi connectivity index (χ1v) is 6.27. The van der Waals surface area contributed by atoms with Crippen LogP contribution in [0.2, 0.25) is 0 Å². The van der Waals surface area contributed by atoms with Gasteiger partial charge in [0.25, 0.3) is 0 Å². The van der Waals surface area contributed by atoms with E-state index in [1.165, 1.54) is 10.7 Å². The van der Waals surface area contributed by atoms with Gasteiger partial charge >= 0.3 is 0 Å². The molecule has 2 aromatic carbocycles. The molecule has 0 fully saturated rings. The van der Waals surface area contributed by atoms with Gasteiger partial charge in [-0.15, -0.1) is 0 Å². The van der Waals surface area contributed by atoms with Gasteiger partial charge in [-0.25, -0.2) is 9.07 Å². The number of nitrogens with zero attached hydrogens (tertiary/aromatic N) is 2. The van der Waals surface area contributed by atoms with E-state index in [1.807, 2.05) is 30.3 Å². The maximum absolute atomic E-state index is 14.0. The van der Waals surface area contributed by atoms with Crippen molar-refractivity contribution < 1.29 is 9.50 Å². The lowest BCUT2D eigenvalue weighted by Gasteiger charge is -2.04. The average molecular weight is 268 g/mol. The second-order valence-electron chi connectivity index (χ2n) is 4.48. The molecule has 3 rings (SSSR count). The molecule has 20 heavy (non-hydrogen) atoms. The Morgan fingerprint density at radius 2 is 1.85 bits per heavy atom. The summed E-state index contributed by atoms with van der Waals surface area (Å²) in [7, 11) is 0. The quantitative estimate of drug-likeness (QED) is 0.792. The largest absolute Gasteiger partial charge is 0.392 e. The fourth-order valence-electron chi connectivity index (χ4n) is 2.07. The molecule has 0 bridgehead atoms. The minimum absolute atomic E-state index is 0.175. The highest BCUT2D eigenvalue weighted by molar-refractivity contribution is 5.62. The van der Waals surface area contributed by atoms with Crippen LogP contribution in [0.1, 0.15) is 5.56 Å². The molecule has 1 aromatic heterocycles. The van der Waals surface area contributed by atoms with Gasteiger partial charge in [-0.3, -0.25) is 0 Å². The van der Waals surface area contributed by atoms with Gasteiger partial charge in [-0.05, 0) is 23.3 Å². The molecule has 0 spiro atoms. The van der Waals surface area contributed by atoms with Crippen LogP contribution in [0, 0.1) is 5.82 Å². The van der Waals surface area contributed by atoms with E-state index in [2.05, 4.69) is 5.10 Å². The fourth-order valence-corrected chi connectivity index (χ4v) is 2.07. The molecule has 0 unspecified atom stereocenters. The molecule has 3 nitrogen and oxygen atoms in total. The molecular weight excluding hydrogens is 255 g/mol. The number of benzene rings is 2. The highest BCUT2D eigenvalue weighted by Gasteiger charge is 2.08. The summed E-state index contributed by atoms with van der Waals surface area (Å²) < 4.78 is 15.5. The maximum atomic E-state index is 14.0. The minimum Gasteiger partial charge on any atom is -0.392 e. The molecule has 0 aliphatic carbocycles. The zero-order valence-corrected chi connectivity index (χ0v) is 10.7. The molecule has 0 amide bonds. The van der Waals surface area contributed by atoms with Gasteiger partial charge in [0.2, 0.25) is 0 Å². The minimum atomic E-state index is -0.403. The lowest BCUT2D eigenvalue weighted by Crippen LogP contribution is -1.99. The third-order valence-electron chi connectivity index (χ3n) is 3.13. The molecule has 0 atom stereocenters. The van der Waals surface area contributed by atoms with Crippen LogP contribution in [-0.4, -0.2) is 14.9 Å². The van der Waals surface area contributed by atoms with Gasteiger partial charge in [0.15, 0.2) is 0 Å². The number of rotatable bonds is 3. The molecule has 100 valence electrons. The topological polar surface area (TPSA) is 38.0 Å². The van der Waals surface area contributed by atoms with E-state index >= 15 is 0 Å². The van der Waals surface area contributed by atoms with Crippen LogP contribution in [0.25, 0.3) is 16.8 Å². The van der Waals surface area contributed by atoms with E-state index in [4.69, 9.17) is 5.11 Å². The molecule has 0 aliphatic rings. The van der Waals surface area contributed by atoms with Crippen LogP contribution in [0.5, 0.6) is 0 Å². The Balaban J connectivity index is 1.98. The Hall–Kier alpha value is -2.46. The number of halogens is 1. The number of hydrogen-bond donors (Lipinski definition) is 1. The molecule has 4 heteroatoms. The van der Waals surface area contributed by atoms with Crippen molar-refractivity contribution in [1.29, 1.82) is 0 Å². The van der Waals surface area contributed by atoms with Crippen molar-refractivity contribution in [1.82, 2.24) is 9.78 Å². The van der Waals surface area contributed by atoms with Crippen LogP contribution in [-0.2, 0) is 6.61 Å². The van der Waals surface area contributed by atoms with Gasteiger partial charge in [0.1, 0.15) is 11.5 Å². The van der Waals surface area contributed by atoms with Crippen LogP contribution in [0.4, 0.5) is 4.39 Å². The van der Waals surface area contributed by atoms with Crippen LogP contribution >= 0.6 is 0 Å². The second-order valence-corrected chi connectivity index (χ2v) is 4.48. The molecular formula is C16H13FN2O. The van der Waals surface area contributed by atoms with Gasteiger partial charge in [0.05, 0.1) is 12.8 Å². The summed E-state index contributed by atoms with van der Waals surface area (Å²) in [4.78, 5) is 0. The van der Waals surface area contributed by atoms with Crippen molar-refractivity contribution in [3.63, 3.8) is 0 Å².